The van der Waals surface area contributed by atoms with Crippen LogP contribution in [0.15, 0.2) is 47.5 Å². The molecule has 0 radical (unpaired) electrons. The van der Waals surface area contributed by atoms with Crippen molar-refractivity contribution in [3.8, 4) is 17.2 Å². The summed E-state index contributed by atoms with van der Waals surface area (Å²) in [7, 11) is 4.92. The fourth-order valence-corrected chi connectivity index (χ4v) is 3.69. The van der Waals surface area contributed by atoms with Gasteiger partial charge in [-0.3, -0.25) is 9.89 Å². The Morgan fingerprint density at radius 3 is 2.33 bits per heavy atom. The highest BCUT2D eigenvalue weighted by Crippen LogP contribution is 2.32. The summed E-state index contributed by atoms with van der Waals surface area (Å²) in [6.45, 7) is 2.66. The monoisotopic (exact) mass is 526 g/mol. The zero-order valence-electron chi connectivity index (χ0n) is 17.8. The van der Waals surface area contributed by atoms with E-state index in [9.17, 15) is 0 Å². The molecule has 0 spiro atoms. The molecule has 2 aromatic rings. The van der Waals surface area contributed by atoms with E-state index < -0.39 is 0 Å². The van der Waals surface area contributed by atoms with Gasteiger partial charge in [0.25, 0.3) is 0 Å². The summed E-state index contributed by atoms with van der Waals surface area (Å²) < 4.78 is 16.2. The number of benzene rings is 2. The Balaban J connectivity index is 0.00000320. The minimum absolute atomic E-state index is 0. The maximum atomic E-state index is 6.18. The van der Waals surface area contributed by atoms with Crippen molar-refractivity contribution >= 4 is 35.6 Å². The predicted molar refractivity (Wildman–Crippen MR) is 132 cm³/mol. The number of anilines is 1. The number of halogens is 1. The molecule has 30 heavy (non-hydrogen) atoms. The molecule has 1 fully saturated rings. The molecule has 0 bridgehead atoms. The second kappa shape index (κ2) is 11.8. The van der Waals surface area contributed by atoms with Crippen molar-refractivity contribution in [2.75, 3.05) is 46.3 Å². The summed E-state index contributed by atoms with van der Waals surface area (Å²) in [6.07, 6.45) is 2.41. The molecule has 2 aromatic carbocycles. The number of rotatable bonds is 8. The number of nitrogens with one attached hydrogen (secondary N) is 1. The van der Waals surface area contributed by atoms with Gasteiger partial charge in [0.15, 0.2) is 17.5 Å². The summed E-state index contributed by atoms with van der Waals surface area (Å²) in [5.74, 6) is 2.54. The van der Waals surface area contributed by atoms with Crippen LogP contribution in [-0.2, 0) is 0 Å². The van der Waals surface area contributed by atoms with Gasteiger partial charge in [0.2, 0.25) is 0 Å². The molecule has 0 saturated carbocycles. The van der Waals surface area contributed by atoms with Crippen molar-refractivity contribution < 1.29 is 14.2 Å². The van der Waals surface area contributed by atoms with Gasteiger partial charge in [0.05, 0.1) is 33.9 Å². The van der Waals surface area contributed by atoms with Gasteiger partial charge >= 0.3 is 0 Å². The van der Waals surface area contributed by atoms with Crippen LogP contribution in [0.3, 0.4) is 0 Å². The normalized spacial score (nSPS) is 15.2. The van der Waals surface area contributed by atoms with Gasteiger partial charge in [-0.2, -0.15) is 0 Å². The Hall–Kier alpha value is -2.20. The molecule has 0 aromatic heterocycles. The van der Waals surface area contributed by atoms with E-state index in [4.69, 9.17) is 19.9 Å². The summed E-state index contributed by atoms with van der Waals surface area (Å²) in [5.41, 5.74) is 8.11. The van der Waals surface area contributed by atoms with Gasteiger partial charge in [0.1, 0.15) is 5.75 Å². The van der Waals surface area contributed by atoms with Crippen LogP contribution in [0.4, 0.5) is 5.69 Å². The second-order valence-corrected chi connectivity index (χ2v) is 6.92. The molecule has 7 nitrogen and oxygen atoms in total. The summed E-state index contributed by atoms with van der Waals surface area (Å²) in [4.78, 5) is 7.08. The smallest absolute Gasteiger partial charge is 0.193 e. The number of likely N-dealkylation sites (tertiary alicyclic amines) is 1. The second-order valence-electron chi connectivity index (χ2n) is 6.92. The van der Waals surface area contributed by atoms with Gasteiger partial charge < -0.3 is 25.3 Å². The molecular formula is C22H31IN4O3. The first-order valence-electron chi connectivity index (χ1n) is 9.82. The highest BCUT2D eigenvalue weighted by molar-refractivity contribution is 14.0. The molecule has 1 heterocycles. The van der Waals surface area contributed by atoms with Crippen molar-refractivity contribution in [3.63, 3.8) is 0 Å². The third-order valence-corrected chi connectivity index (χ3v) is 5.17. The molecule has 1 aliphatic heterocycles. The quantitative estimate of drug-likeness (QED) is 0.309. The van der Waals surface area contributed by atoms with E-state index >= 15 is 0 Å². The lowest BCUT2D eigenvalue weighted by Gasteiger charge is -2.28. The lowest BCUT2D eigenvalue weighted by atomic mass is 10.0. The highest BCUT2D eigenvalue weighted by atomic mass is 127. The van der Waals surface area contributed by atoms with Crippen LogP contribution in [0, 0.1) is 0 Å². The summed E-state index contributed by atoms with van der Waals surface area (Å²) >= 11 is 0. The van der Waals surface area contributed by atoms with Crippen molar-refractivity contribution in [1.29, 1.82) is 0 Å². The van der Waals surface area contributed by atoms with Crippen LogP contribution >= 0.6 is 24.0 Å². The number of methoxy groups -OCH3 is 3. The van der Waals surface area contributed by atoms with E-state index in [2.05, 4.69) is 21.3 Å². The van der Waals surface area contributed by atoms with E-state index in [1.165, 1.54) is 12.8 Å². The molecule has 0 amide bonds. The van der Waals surface area contributed by atoms with Crippen LogP contribution in [0.2, 0.25) is 0 Å². The number of nitrogens with two attached hydrogens (primary N) is 1. The van der Waals surface area contributed by atoms with Crippen LogP contribution in [0.1, 0.15) is 24.4 Å². The topological polar surface area (TPSA) is 81.3 Å². The largest absolute Gasteiger partial charge is 0.496 e. The van der Waals surface area contributed by atoms with Gasteiger partial charge in [0, 0.05) is 17.3 Å². The Morgan fingerprint density at radius 2 is 1.67 bits per heavy atom. The van der Waals surface area contributed by atoms with Crippen LogP contribution < -0.4 is 25.3 Å². The van der Waals surface area contributed by atoms with Crippen molar-refractivity contribution in [2.45, 2.75) is 18.9 Å². The van der Waals surface area contributed by atoms with Crippen LogP contribution in [0.25, 0.3) is 0 Å². The first-order chi connectivity index (χ1) is 14.2. The Morgan fingerprint density at radius 1 is 1.00 bits per heavy atom. The zero-order chi connectivity index (χ0) is 20.6. The standard InChI is InChI=1S/C22H30N4O3.HI/c1-27-19-9-5-4-8-17(19)18(26-12-6-7-13-26)15-24-22(23)25-16-10-11-20(28-2)21(14-16)29-3;/h4-5,8-11,14,18H,6-7,12-13,15H2,1-3H3,(H3,23,24,25);1H. The Bertz CT molecular complexity index is 841. The molecule has 1 unspecified atom stereocenters. The Kier molecular flexibility index (Phi) is 9.51. The number of ether oxygens (including phenoxy) is 3. The van der Waals surface area contributed by atoms with E-state index in [0.717, 1.165) is 30.1 Å². The third kappa shape index (κ3) is 5.91. The first-order valence-corrected chi connectivity index (χ1v) is 9.82. The third-order valence-electron chi connectivity index (χ3n) is 5.17. The number of hydrogen-bond acceptors (Lipinski definition) is 5. The fourth-order valence-electron chi connectivity index (χ4n) is 3.69. The number of nitrogens with zero attached hydrogens (tertiary/aromatic N) is 2. The molecule has 164 valence electrons. The van der Waals surface area contributed by atoms with Gasteiger partial charge in [-0.05, 0) is 44.1 Å². The highest BCUT2D eigenvalue weighted by Gasteiger charge is 2.25. The molecule has 1 atom stereocenters. The number of para-hydroxylation sites is 1. The molecule has 3 rings (SSSR count). The molecule has 8 heteroatoms. The molecule has 0 aliphatic carbocycles. The molecular weight excluding hydrogens is 495 g/mol. The van der Waals surface area contributed by atoms with Gasteiger partial charge in [-0.25, -0.2) is 0 Å². The number of guanidine groups is 1. The zero-order valence-corrected chi connectivity index (χ0v) is 20.1. The van der Waals surface area contributed by atoms with Crippen LogP contribution in [0.5, 0.6) is 17.2 Å². The van der Waals surface area contributed by atoms with Gasteiger partial charge in [-0.1, -0.05) is 18.2 Å². The minimum atomic E-state index is 0. The molecule has 1 saturated heterocycles. The predicted octanol–water partition coefficient (Wildman–Crippen LogP) is 3.89. The minimum Gasteiger partial charge on any atom is -0.496 e. The SMILES string of the molecule is COc1ccc(NC(N)=NCC(c2ccccc2OC)N2CCCC2)cc1OC.I. The molecule has 3 N–H and O–H groups in total. The van der Waals surface area contributed by atoms with Crippen molar-refractivity contribution in [1.82, 2.24) is 4.90 Å². The van der Waals surface area contributed by atoms with Crippen molar-refractivity contribution in [2.24, 2.45) is 10.7 Å². The van der Waals surface area contributed by atoms with Crippen molar-refractivity contribution in [3.05, 3.63) is 48.0 Å². The molecule has 1 aliphatic rings. The lowest BCUT2D eigenvalue weighted by Crippen LogP contribution is -2.30. The average molecular weight is 526 g/mol. The first kappa shape index (κ1) is 24.1. The maximum absolute atomic E-state index is 6.18. The van der Waals surface area contributed by atoms with E-state index in [1.807, 2.05) is 36.4 Å². The summed E-state index contributed by atoms with van der Waals surface area (Å²) in [5, 5.41) is 3.14. The van der Waals surface area contributed by atoms with E-state index in [-0.39, 0.29) is 30.0 Å². The maximum Gasteiger partial charge on any atom is 0.193 e. The van der Waals surface area contributed by atoms with E-state index in [0.29, 0.717) is 24.0 Å². The van der Waals surface area contributed by atoms with Gasteiger partial charge in [-0.15, -0.1) is 24.0 Å². The Labute approximate surface area is 195 Å². The number of hydrogen-bond donors (Lipinski definition) is 2. The van der Waals surface area contributed by atoms with E-state index in [1.54, 1.807) is 21.3 Å². The lowest BCUT2D eigenvalue weighted by molar-refractivity contribution is 0.245. The number of aliphatic imine (C=N–C) groups is 1. The summed E-state index contributed by atoms with van der Waals surface area (Å²) in [6, 6.07) is 13.8. The fraction of sp³-hybridized carbons (Fsp3) is 0.409. The van der Waals surface area contributed by atoms with Crippen LogP contribution in [-0.4, -0.2) is 51.8 Å². The average Bonchev–Trinajstić information content (AvgIpc) is 3.28.